The lowest BCUT2D eigenvalue weighted by molar-refractivity contribution is -0.127. The van der Waals surface area contributed by atoms with Gasteiger partial charge in [0, 0.05) is 31.1 Å². The van der Waals surface area contributed by atoms with Crippen molar-refractivity contribution in [2.45, 2.75) is 70.0 Å². The van der Waals surface area contributed by atoms with Crippen molar-refractivity contribution in [1.29, 1.82) is 0 Å². The average molecular weight is 236 g/mol. The molecule has 4 atom stereocenters. The van der Waals surface area contributed by atoms with Crippen LogP contribution >= 0.6 is 0 Å². The van der Waals surface area contributed by atoms with Gasteiger partial charge in [-0.3, -0.25) is 4.79 Å². The van der Waals surface area contributed by atoms with Crippen LogP contribution in [0.3, 0.4) is 0 Å². The van der Waals surface area contributed by atoms with E-state index in [4.69, 9.17) is 0 Å². The maximum Gasteiger partial charge on any atom is 0.224 e. The number of hydrogen-bond acceptors (Lipinski definition) is 2. The summed E-state index contributed by atoms with van der Waals surface area (Å²) < 4.78 is 0. The van der Waals surface area contributed by atoms with E-state index in [1.165, 1.54) is 38.5 Å². The van der Waals surface area contributed by atoms with Crippen LogP contribution in [-0.2, 0) is 4.79 Å². The molecule has 0 radical (unpaired) electrons. The van der Waals surface area contributed by atoms with E-state index in [0.29, 0.717) is 24.0 Å². The molecule has 2 saturated heterocycles. The maximum absolute atomic E-state index is 11.9. The standard InChI is InChI=1S/C14H24N2O/c1-10-4-2-5-11(8-10)15-12-9-14(17)16-7-3-6-13(12)16/h10-13,15H,2-9H2,1H3. The topological polar surface area (TPSA) is 32.3 Å². The molecule has 17 heavy (non-hydrogen) atoms. The fraction of sp³-hybridized carbons (Fsp3) is 0.929. The highest BCUT2D eigenvalue weighted by atomic mass is 16.2. The van der Waals surface area contributed by atoms with Crippen LogP contribution < -0.4 is 5.32 Å². The molecule has 1 amide bonds. The molecular formula is C14H24N2O. The van der Waals surface area contributed by atoms with E-state index in [1.807, 2.05) is 0 Å². The van der Waals surface area contributed by atoms with Crippen molar-refractivity contribution in [2.75, 3.05) is 6.54 Å². The second kappa shape index (κ2) is 4.60. The second-order valence-electron chi connectivity index (χ2n) is 6.24. The fourth-order valence-electron chi connectivity index (χ4n) is 4.02. The number of fused-ring (bicyclic) bond motifs is 1. The summed E-state index contributed by atoms with van der Waals surface area (Å²) >= 11 is 0. The molecule has 0 aromatic heterocycles. The molecule has 4 unspecified atom stereocenters. The van der Waals surface area contributed by atoms with Crippen LogP contribution in [0.25, 0.3) is 0 Å². The largest absolute Gasteiger partial charge is 0.338 e. The first-order valence-corrected chi connectivity index (χ1v) is 7.29. The Kier molecular flexibility index (Phi) is 3.12. The minimum atomic E-state index is 0.383. The second-order valence-corrected chi connectivity index (χ2v) is 6.24. The number of nitrogens with zero attached hydrogens (tertiary/aromatic N) is 1. The van der Waals surface area contributed by atoms with Gasteiger partial charge in [0.05, 0.1) is 0 Å². The van der Waals surface area contributed by atoms with Gasteiger partial charge in [-0.25, -0.2) is 0 Å². The summed E-state index contributed by atoms with van der Waals surface area (Å²) in [4.78, 5) is 14.0. The van der Waals surface area contributed by atoms with Crippen LogP contribution in [0, 0.1) is 5.92 Å². The van der Waals surface area contributed by atoms with Gasteiger partial charge in [0.15, 0.2) is 0 Å². The van der Waals surface area contributed by atoms with Crippen LogP contribution in [-0.4, -0.2) is 35.5 Å². The average Bonchev–Trinajstić information content (AvgIpc) is 2.85. The highest BCUT2D eigenvalue weighted by Gasteiger charge is 2.42. The predicted molar refractivity (Wildman–Crippen MR) is 67.7 cm³/mol. The summed E-state index contributed by atoms with van der Waals surface area (Å²) in [7, 11) is 0. The highest BCUT2D eigenvalue weighted by molar-refractivity contribution is 5.80. The molecule has 96 valence electrons. The normalized spacial score (nSPS) is 41.9. The smallest absolute Gasteiger partial charge is 0.224 e. The molecular weight excluding hydrogens is 212 g/mol. The summed E-state index contributed by atoms with van der Waals surface area (Å²) in [5.74, 6) is 1.24. The Labute approximate surface area is 104 Å². The van der Waals surface area contributed by atoms with Gasteiger partial charge in [-0.15, -0.1) is 0 Å². The van der Waals surface area contributed by atoms with Crippen molar-refractivity contribution >= 4 is 5.91 Å². The Morgan fingerprint density at radius 2 is 2.12 bits per heavy atom. The van der Waals surface area contributed by atoms with Crippen LogP contribution in [0.1, 0.15) is 51.9 Å². The van der Waals surface area contributed by atoms with Gasteiger partial charge in [-0.1, -0.05) is 19.8 Å². The number of carbonyl (C=O) groups is 1. The first-order valence-electron chi connectivity index (χ1n) is 7.29. The van der Waals surface area contributed by atoms with Gasteiger partial charge in [0.2, 0.25) is 5.91 Å². The summed E-state index contributed by atoms with van der Waals surface area (Å²) in [6, 6.07) is 1.62. The first kappa shape index (κ1) is 11.5. The Balaban J connectivity index is 1.59. The zero-order valence-electron chi connectivity index (χ0n) is 10.8. The van der Waals surface area contributed by atoms with Gasteiger partial charge in [0.1, 0.15) is 0 Å². The molecule has 3 heteroatoms. The lowest BCUT2D eigenvalue weighted by atomic mass is 9.86. The molecule has 3 aliphatic rings. The van der Waals surface area contributed by atoms with Crippen molar-refractivity contribution in [2.24, 2.45) is 5.92 Å². The van der Waals surface area contributed by atoms with E-state index in [2.05, 4.69) is 17.1 Å². The molecule has 0 spiro atoms. The number of nitrogens with one attached hydrogen (secondary N) is 1. The third-order valence-corrected chi connectivity index (χ3v) is 4.86. The summed E-state index contributed by atoms with van der Waals surface area (Å²) in [6.07, 6.45) is 8.52. The zero-order chi connectivity index (χ0) is 11.8. The number of amides is 1. The molecule has 0 bridgehead atoms. The summed E-state index contributed by atoms with van der Waals surface area (Å²) in [5, 5.41) is 3.79. The lowest BCUT2D eigenvalue weighted by Crippen LogP contribution is -2.46. The molecule has 0 aromatic carbocycles. The molecule has 1 aliphatic carbocycles. The van der Waals surface area contributed by atoms with E-state index < -0.39 is 0 Å². The van der Waals surface area contributed by atoms with Gasteiger partial charge >= 0.3 is 0 Å². The molecule has 2 aliphatic heterocycles. The molecule has 3 rings (SSSR count). The third kappa shape index (κ3) is 2.22. The molecule has 2 heterocycles. The Morgan fingerprint density at radius 3 is 2.94 bits per heavy atom. The molecule has 0 aromatic rings. The lowest BCUT2D eigenvalue weighted by Gasteiger charge is -2.31. The predicted octanol–water partition coefficient (Wildman–Crippen LogP) is 1.92. The summed E-state index contributed by atoms with van der Waals surface area (Å²) in [5.41, 5.74) is 0. The van der Waals surface area contributed by atoms with E-state index >= 15 is 0 Å². The van der Waals surface area contributed by atoms with Gasteiger partial charge in [-0.2, -0.15) is 0 Å². The van der Waals surface area contributed by atoms with Crippen molar-refractivity contribution in [3.63, 3.8) is 0 Å². The van der Waals surface area contributed by atoms with E-state index in [-0.39, 0.29) is 0 Å². The Bertz CT molecular complexity index is 305. The van der Waals surface area contributed by atoms with Gasteiger partial charge < -0.3 is 10.2 Å². The van der Waals surface area contributed by atoms with Crippen LogP contribution in [0.15, 0.2) is 0 Å². The number of carbonyl (C=O) groups excluding carboxylic acids is 1. The summed E-state index contributed by atoms with van der Waals surface area (Å²) in [6.45, 7) is 3.36. The Hall–Kier alpha value is -0.570. The molecule has 1 N–H and O–H groups in total. The van der Waals surface area contributed by atoms with Crippen molar-refractivity contribution in [3.8, 4) is 0 Å². The Morgan fingerprint density at radius 1 is 1.24 bits per heavy atom. The minimum absolute atomic E-state index is 0.383. The van der Waals surface area contributed by atoms with E-state index in [1.54, 1.807) is 0 Å². The van der Waals surface area contributed by atoms with Gasteiger partial charge in [0.25, 0.3) is 0 Å². The third-order valence-electron chi connectivity index (χ3n) is 4.86. The maximum atomic E-state index is 11.9. The van der Waals surface area contributed by atoms with Crippen molar-refractivity contribution in [1.82, 2.24) is 10.2 Å². The number of rotatable bonds is 2. The van der Waals surface area contributed by atoms with Crippen molar-refractivity contribution in [3.05, 3.63) is 0 Å². The molecule has 3 nitrogen and oxygen atoms in total. The SMILES string of the molecule is CC1CCCC(NC2CC(=O)N3CCCC23)C1. The van der Waals surface area contributed by atoms with Crippen LogP contribution in [0.5, 0.6) is 0 Å². The molecule has 3 fully saturated rings. The van der Waals surface area contributed by atoms with E-state index in [9.17, 15) is 4.79 Å². The first-order chi connectivity index (χ1) is 8.24. The van der Waals surface area contributed by atoms with E-state index in [0.717, 1.165) is 18.9 Å². The van der Waals surface area contributed by atoms with Gasteiger partial charge in [-0.05, 0) is 31.6 Å². The molecule has 1 saturated carbocycles. The fourth-order valence-corrected chi connectivity index (χ4v) is 4.02. The monoisotopic (exact) mass is 236 g/mol. The van der Waals surface area contributed by atoms with Crippen LogP contribution in [0.4, 0.5) is 0 Å². The highest BCUT2D eigenvalue weighted by Crippen LogP contribution is 2.31. The number of hydrogen-bond donors (Lipinski definition) is 1. The zero-order valence-corrected chi connectivity index (χ0v) is 10.8. The quantitative estimate of drug-likeness (QED) is 0.794. The van der Waals surface area contributed by atoms with Crippen LogP contribution in [0.2, 0.25) is 0 Å². The minimum Gasteiger partial charge on any atom is -0.338 e. The van der Waals surface area contributed by atoms with Crippen molar-refractivity contribution < 1.29 is 4.79 Å².